The van der Waals surface area contributed by atoms with Crippen molar-refractivity contribution in [3.63, 3.8) is 0 Å². The van der Waals surface area contributed by atoms with Crippen LogP contribution >= 0.6 is 0 Å². The van der Waals surface area contributed by atoms with E-state index in [1.54, 1.807) is 0 Å². The number of aromatic nitrogens is 4. The maximum Gasteiger partial charge on any atom is 0.182 e. The zero-order valence-corrected chi connectivity index (χ0v) is 32.3. The van der Waals surface area contributed by atoms with Crippen molar-refractivity contribution in [3.8, 4) is 44.9 Å². The molecule has 0 spiro atoms. The van der Waals surface area contributed by atoms with Crippen molar-refractivity contribution in [3.05, 3.63) is 206 Å². The first-order chi connectivity index (χ1) is 28.7. The number of hydrogen-bond donors (Lipinski definition) is 0. The van der Waals surface area contributed by atoms with E-state index in [1.807, 2.05) is 0 Å². The number of ether oxygens (including phenoxy) is 2. The first-order valence-corrected chi connectivity index (χ1v) is 20.0. The van der Waals surface area contributed by atoms with Crippen LogP contribution in [-0.4, -0.2) is 13.2 Å². The molecule has 280 valence electrons. The number of rotatable bonds is 0. The monoisotopic (exact) mass is 756 g/mol. The van der Waals surface area contributed by atoms with Gasteiger partial charge in [0, 0.05) is 70.8 Å². The van der Waals surface area contributed by atoms with Crippen LogP contribution in [-0.2, 0) is 26.2 Å². The van der Waals surface area contributed by atoms with E-state index in [-0.39, 0.29) is 0 Å². The largest absolute Gasteiger partial charge is 0.486 e. The molecule has 0 amide bonds. The molecule has 15 rings (SSSR count). The van der Waals surface area contributed by atoms with Crippen molar-refractivity contribution in [1.82, 2.24) is 0 Å². The zero-order valence-electron chi connectivity index (χ0n) is 32.3. The lowest BCUT2D eigenvalue weighted by Crippen LogP contribution is -2.35. The fourth-order valence-electron chi connectivity index (χ4n) is 8.14. The van der Waals surface area contributed by atoms with Gasteiger partial charge in [-0.2, -0.15) is 0 Å². The van der Waals surface area contributed by atoms with Gasteiger partial charge in [0.2, 0.25) is 0 Å². The minimum Gasteiger partial charge on any atom is -0.486 e. The predicted molar refractivity (Wildman–Crippen MR) is 227 cm³/mol. The second-order valence-corrected chi connectivity index (χ2v) is 15.0. The van der Waals surface area contributed by atoms with E-state index < -0.39 is 0 Å². The van der Waals surface area contributed by atoms with Crippen LogP contribution in [0.5, 0.6) is 11.5 Å². The molecule has 0 radical (unpaired) electrons. The molecule has 4 aromatic heterocycles. The standard InChI is InChI=1S/C52H44N4O2/c1-3-10-47-45(8-1)12-14-49-51(47)52-48-11-4-2-9-46(48)13-15-50(52)58-35-33-54-26-18-42(19-27-54)44-22-30-56(31-23-44)38-40-7-5-6-39(36-40)37-55-28-20-43(21-29-55)41-16-24-53(25-17-41)32-34-57-49/h1-31,36H,32-35,37-38H2/q+4. The van der Waals surface area contributed by atoms with Gasteiger partial charge in [-0.05, 0) is 62.0 Å². The van der Waals surface area contributed by atoms with Crippen molar-refractivity contribution in [1.29, 1.82) is 0 Å². The first kappa shape index (κ1) is 35.2. The van der Waals surface area contributed by atoms with Gasteiger partial charge < -0.3 is 9.47 Å². The smallest absolute Gasteiger partial charge is 0.182 e. The second kappa shape index (κ2) is 15.8. The maximum absolute atomic E-state index is 6.73. The number of hydrogen-bond acceptors (Lipinski definition) is 2. The van der Waals surface area contributed by atoms with Crippen molar-refractivity contribution in [2.75, 3.05) is 13.2 Å². The second-order valence-electron chi connectivity index (χ2n) is 15.0. The van der Waals surface area contributed by atoms with E-state index in [4.69, 9.17) is 9.47 Å². The molecule has 0 aliphatic carbocycles. The van der Waals surface area contributed by atoms with Crippen LogP contribution < -0.4 is 27.7 Å². The summed E-state index contributed by atoms with van der Waals surface area (Å²) in [5.74, 6) is 1.68. The zero-order chi connectivity index (χ0) is 38.7. The van der Waals surface area contributed by atoms with E-state index in [2.05, 4.69) is 213 Å². The Labute approximate surface area is 338 Å². The lowest BCUT2D eigenvalue weighted by Gasteiger charge is -2.19. The van der Waals surface area contributed by atoms with Gasteiger partial charge in [-0.3, -0.25) is 0 Å². The van der Waals surface area contributed by atoms with Crippen LogP contribution in [0.25, 0.3) is 54.9 Å². The van der Waals surface area contributed by atoms with Crippen molar-refractivity contribution >= 4 is 21.5 Å². The lowest BCUT2D eigenvalue weighted by atomic mass is 9.92. The molecule has 10 heterocycles. The van der Waals surface area contributed by atoms with Crippen LogP contribution in [0.15, 0.2) is 195 Å². The number of nitrogens with zero attached hydrogens (tertiary/aromatic N) is 4. The van der Waals surface area contributed by atoms with E-state index >= 15 is 0 Å². The molecule has 6 aliphatic rings. The molecule has 9 aromatic rings. The Hall–Kier alpha value is -7.18. The topological polar surface area (TPSA) is 34.0 Å². The fourth-order valence-corrected chi connectivity index (χ4v) is 8.14. The summed E-state index contributed by atoms with van der Waals surface area (Å²) >= 11 is 0. The highest BCUT2D eigenvalue weighted by Crippen LogP contribution is 2.45. The molecule has 5 aromatic carbocycles. The van der Waals surface area contributed by atoms with E-state index in [1.165, 1.54) is 33.4 Å². The summed E-state index contributed by atoms with van der Waals surface area (Å²) in [5.41, 5.74) is 9.40. The minimum absolute atomic E-state index is 0.512. The molecule has 6 aliphatic heterocycles. The Bertz CT molecular complexity index is 2680. The normalized spacial score (nSPS) is 13.0. The van der Waals surface area contributed by atoms with Gasteiger partial charge in [0.1, 0.15) is 24.7 Å². The van der Waals surface area contributed by atoms with Gasteiger partial charge in [-0.1, -0.05) is 78.9 Å². The Morgan fingerprint density at radius 3 is 1.14 bits per heavy atom. The van der Waals surface area contributed by atoms with Gasteiger partial charge in [-0.25, -0.2) is 18.3 Å². The first-order valence-electron chi connectivity index (χ1n) is 20.0. The van der Waals surface area contributed by atoms with Crippen molar-refractivity contribution < 1.29 is 27.7 Å². The molecule has 10 bridgehead atoms. The molecule has 6 heteroatoms. The summed E-state index contributed by atoms with van der Waals surface area (Å²) in [4.78, 5) is 0. The Kier molecular flexibility index (Phi) is 9.57. The molecule has 0 atom stereocenters. The Balaban J connectivity index is 1.01. The van der Waals surface area contributed by atoms with Gasteiger partial charge in [0.05, 0.1) is 0 Å². The summed E-state index contributed by atoms with van der Waals surface area (Å²) in [6, 6.07) is 52.1. The molecule has 58 heavy (non-hydrogen) atoms. The van der Waals surface area contributed by atoms with Crippen LogP contribution in [0.2, 0.25) is 0 Å². The van der Waals surface area contributed by atoms with Crippen LogP contribution in [0.3, 0.4) is 0 Å². The van der Waals surface area contributed by atoms with Crippen LogP contribution in [0.1, 0.15) is 11.1 Å². The minimum atomic E-state index is 0.512. The SMILES string of the molecule is c1cc2cc(c1)C[n+]1ccc(cc1)-c1cc[n+](cc1)CCOc1ccc3ccccc3c1-c1c(ccc3ccccc13)OCC[n+]1ccc(cc1)-c1cc[n+](cc1)C2. The van der Waals surface area contributed by atoms with Crippen LogP contribution in [0.4, 0.5) is 0 Å². The number of pyridine rings is 4. The third-order valence-corrected chi connectivity index (χ3v) is 11.2. The third kappa shape index (κ3) is 7.40. The number of benzene rings is 5. The molecule has 0 saturated heterocycles. The summed E-state index contributed by atoms with van der Waals surface area (Å²) in [6.07, 6.45) is 17.2. The van der Waals surface area contributed by atoms with Crippen molar-refractivity contribution in [2.45, 2.75) is 26.2 Å². The average Bonchev–Trinajstić information content (AvgIpc) is 3.27. The summed E-state index contributed by atoms with van der Waals surface area (Å²) in [7, 11) is 0. The summed E-state index contributed by atoms with van der Waals surface area (Å²) < 4.78 is 22.3. The molecule has 0 fully saturated rings. The molecular weight excluding hydrogens is 713 g/mol. The van der Waals surface area contributed by atoms with Gasteiger partial charge in [-0.15, -0.1) is 0 Å². The summed E-state index contributed by atoms with van der Waals surface area (Å²) in [6.45, 7) is 4.06. The van der Waals surface area contributed by atoms with E-state index in [9.17, 15) is 0 Å². The molecule has 0 saturated carbocycles. The summed E-state index contributed by atoms with van der Waals surface area (Å²) in [5, 5.41) is 4.58. The van der Waals surface area contributed by atoms with E-state index in [0.29, 0.717) is 26.3 Å². The maximum atomic E-state index is 6.73. The fraction of sp³-hybridized carbons (Fsp3) is 0.115. The van der Waals surface area contributed by atoms with Gasteiger partial charge >= 0.3 is 0 Å². The Morgan fingerprint density at radius 1 is 0.345 bits per heavy atom. The van der Waals surface area contributed by atoms with Crippen LogP contribution in [0, 0.1) is 0 Å². The molecular formula is C52H44N4O2+4. The lowest BCUT2D eigenvalue weighted by molar-refractivity contribution is -0.697. The highest BCUT2D eigenvalue weighted by molar-refractivity contribution is 6.09. The van der Waals surface area contributed by atoms with Gasteiger partial charge in [0.25, 0.3) is 0 Å². The van der Waals surface area contributed by atoms with Gasteiger partial charge in [0.15, 0.2) is 75.8 Å². The third-order valence-electron chi connectivity index (χ3n) is 11.2. The molecule has 0 N–H and O–H groups in total. The quantitative estimate of drug-likeness (QED) is 0.145. The molecule has 0 unspecified atom stereocenters. The van der Waals surface area contributed by atoms with Crippen molar-refractivity contribution in [2.24, 2.45) is 0 Å². The predicted octanol–water partition coefficient (Wildman–Crippen LogP) is 8.71. The van der Waals surface area contributed by atoms with E-state index in [0.717, 1.165) is 57.3 Å². The average molecular weight is 757 g/mol. The highest BCUT2D eigenvalue weighted by Gasteiger charge is 2.20. The molecule has 6 nitrogen and oxygen atoms in total. The number of fused-ring (bicyclic) bond motifs is 4. The highest BCUT2D eigenvalue weighted by atomic mass is 16.5. The Morgan fingerprint density at radius 2 is 0.724 bits per heavy atom.